The van der Waals surface area contributed by atoms with Crippen molar-refractivity contribution < 1.29 is 9.47 Å². The van der Waals surface area contributed by atoms with E-state index in [0.717, 1.165) is 25.9 Å². The monoisotopic (exact) mass is 241 g/mol. The maximum Gasteiger partial charge on any atom is 0.138 e. The molecule has 1 heterocycles. The molecule has 1 aromatic carbocycles. The molecule has 1 aliphatic rings. The molecular weight excluding hydrogens is 226 g/mol. The van der Waals surface area contributed by atoms with Gasteiger partial charge in [0.2, 0.25) is 0 Å². The molecule has 1 saturated heterocycles. The van der Waals surface area contributed by atoms with Crippen LogP contribution in [0.4, 0.5) is 5.69 Å². The maximum atomic E-state index is 5.99. The Morgan fingerprint density at radius 2 is 2.38 bits per heavy atom. The van der Waals surface area contributed by atoms with Crippen LogP contribution >= 0.6 is 11.6 Å². The summed E-state index contributed by atoms with van der Waals surface area (Å²) >= 11 is 5.99. The van der Waals surface area contributed by atoms with Crippen LogP contribution in [0.2, 0.25) is 5.02 Å². The van der Waals surface area contributed by atoms with Gasteiger partial charge in [0.25, 0.3) is 0 Å². The minimum Gasteiger partial charge on any atom is -0.492 e. The maximum absolute atomic E-state index is 5.99. The quantitative estimate of drug-likeness (QED) is 0.825. The van der Waals surface area contributed by atoms with Crippen LogP contribution in [-0.2, 0) is 4.74 Å². The molecule has 88 valence electrons. The van der Waals surface area contributed by atoms with Crippen molar-refractivity contribution in [1.82, 2.24) is 0 Å². The number of anilines is 1. The number of nitrogen functional groups attached to an aromatic ring is 1. The molecule has 4 heteroatoms. The third kappa shape index (κ3) is 3.03. The first kappa shape index (κ1) is 11.6. The molecular formula is C12H16ClNO2. The van der Waals surface area contributed by atoms with Gasteiger partial charge in [-0.2, -0.15) is 0 Å². The Balaban J connectivity index is 1.80. The predicted molar refractivity (Wildman–Crippen MR) is 65.0 cm³/mol. The summed E-state index contributed by atoms with van der Waals surface area (Å²) in [5.41, 5.74) is 6.25. The first-order valence-corrected chi connectivity index (χ1v) is 5.93. The Kier molecular flexibility index (Phi) is 3.91. The fourth-order valence-electron chi connectivity index (χ4n) is 1.81. The standard InChI is InChI=1S/C12H16ClNO2/c13-11-8-9(14)3-4-12(11)16-7-5-10-2-1-6-15-10/h3-4,8,10H,1-2,5-7,14H2. The molecule has 0 amide bonds. The summed E-state index contributed by atoms with van der Waals surface area (Å²) in [5.74, 6) is 0.689. The number of rotatable bonds is 4. The number of ether oxygens (including phenoxy) is 2. The molecule has 1 fully saturated rings. The van der Waals surface area contributed by atoms with Crippen LogP contribution in [-0.4, -0.2) is 19.3 Å². The second kappa shape index (κ2) is 5.41. The molecule has 3 nitrogen and oxygen atoms in total. The number of nitrogens with two attached hydrogens (primary N) is 1. The Bertz CT molecular complexity index is 351. The Hall–Kier alpha value is -0.930. The highest BCUT2D eigenvalue weighted by molar-refractivity contribution is 6.32. The fourth-order valence-corrected chi connectivity index (χ4v) is 2.05. The molecule has 2 N–H and O–H groups in total. The highest BCUT2D eigenvalue weighted by Crippen LogP contribution is 2.26. The number of benzene rings is 1. The molecule has 1 aromatic rings. The van der Waals surface area contributed by atoms with E-state index in [-0.39, 0.29) is 0 Å². The second-order valence-corrected chi connectivity index (χ2v) is 4.37. The number of halogens is 1. The Morgan fingerprint density at radius 1 is 1.50 bits per heavy atom. The van der Waals surface area contributed by atoms with Crippen molar-refractivity contribution in [1.29, 1.82) is 0 Å². The van der Waals surface area contributed by atoms with Gasteiger partial charge in [0, 0.05) is 18.7 Å². The Morgan fingerprint density at radius 3 is 3.06 bits per heavy atom. The highest BCUT2D eigenvalue weighted by atomic mass is 35.5. The normalized spacial score (nSPS) is 19.9. The van der Waals surface area contributed by atoms with Gasteiger partial charge in [0.05, 0.1) is 17.7 Å². The summed E-state index contributed by atoms with van der Waals surface area (Å²) in [6.07, 6.45) is 3.57. The summed E-state index contributed by atoms with van der Waals surface area (Å²) in [5, 5.41) is 0.562. The van der Waals surface area contributed by atoms with E-state index in [1.54, 1.807) is 18.2 Å². The van der Waals surface area contributed by atoms with E-state index >= 15 is 0 Å². The van der Waals surface area contributed by atoms with Crippen molar-refractivity contribution in [3.63, 3.8) is 0 Å². The first-order valence-electron chi connectivity index (χ1n) is 5.55. The molecule has 0 bridgehead atoms. The topological polar surface area (TPSA) is 44.5 Å². The van der Waals surface area contributed by atoms with Gasteiger partial charge >= 0.3 is 0 Å². The largest absolute Gasteiger partial charge is 0.492 e. The SMILES string of the molecule is Nc1ccc(OCCC2CCCO2)c(Cl)c1. The first-order chi connectivity index (χ1) is 7.75. The molecule has 2 rings (SSSR count). The van der Waals surface area contributed by atoms with E-state index in [9.17, 15) is 0 Å². The molecule has 0 radical (unpaired) electrons. The van der Waals surface area contributed by atoms with Crippen LogP contribution in [0, 0.1) is 0 Å². The Labute approximate surface area is 100 Å². The zero-order valence-corrected chi connectivity index (χ0v) is 9.87. The van der Waals surface area contributed by atoms with E-state index in [4.69, 9.17) is 26.8 Å². The van der Waals surface area contributed by atoms with Crippen molar-refractivity contribution in [2.45, 2.75) is 25.4 Å². The van der Waals surface area contributed by atoms with Crippen LogP contribution in [0.15, 0.2) is 18.2 Å². The molecule has 0 spiro atoms. The molecule has 0 saturated carbocycles. The number of hydrogen-bond donors (Lipinski definition) is 1. The van der Waals surface area contributed by atoms with Crippen LogP contribution in [0.25, 0.3) is 0 Å². The fraction of sp³-hybridized carbons (Fsp3) is 0.500. The average Bonchev–Trinajstić information content (AvgIpc) is 2.74. The summed E-state index contributed by atoms with van der Waals surface area (Å²) in [6, 6.07) is 5.28. The third-order valence-electron chi connectivity index (χ3n) is 2.68. The second-order valence-electron chi connectivity index (χ2n) is 3.96. The van der Waals surface area contributed by atoms with E-state index in [0.29, 0.717) is 29.2 Å². The summed E-state index contributed by atoms with van der Waals surface area (Å²) in [6.45, 7) is 1.52. The zero-order valence-electron chi connectivity index (χ0n) is 9.12. The lowest BCUT2D eigenvalue weighted by Crippen LogP contribution is -2.10. The lowest BCUT2D eigenvalue weighted by atomic mass is 10.2. The summed E-state index contributed by atoms with van der Waals surface area (Å²) in [4.78, 5) is 0. The van der Waals surface area contributed by atoms with Gasteiger partial charge in [-0.05, 0) is 31.0 Å². The van der Waals surface area contributed by atoms with Gasteiger partial charge < -0.3 is 15.2 Å². The van der Waals surface area contributed by atoms with E-state index in [1.165, 1.54) is 0 Å². The van der Waals surface area contributed by atoms with Crippen molar-refractivity contribution in [2.24, 2.45) is 0 Å². The van der Waals surface area contributed by atoms with Crippen molar-refractivity contribution in [2.75, 3.05) is 18.9 Å². The van der Waals surface area contributed by atoms with Gasteiger partial charge in [0.15, 0.2) is 0 Å². The summed E-state index contributed by atoms with van der Waals surface area (Å²) < 4.78 is 11.1. The van der Waals surface area contributed by atoms with Gasteiger partial charge in [0.1, 0.15) is 5.75 Å². The summed E-state index contributed by atoms with van der Waals surface area (Å²) in [7, 11) is 0. The smallest absolute Gasteiger partial charge is 0.138 e. The molecule has 0 aliphatic carbocycles. The van der Waals surface area contributed by atoms with Crippen LogP contribution in [0.3, 0.4) is 0 Å². The van der Waals surface area contributed by atoms with Crippen molar-refractivity contribution in [3.05, 3.63) is 23.2 Å². The minimum absolute atomic E-state index is 0.354. The zero-order chi connectivity index (χ0) is 11.4. The van der Waals surface area contributed by atoms with Gasteiger partial charge in [-0.25, -0.2) is 0 Å². The highest BCUT2D eigenvalue weighted by Gasteiger charge is 2.15. The minimum atomic E-state index is 0.354. The van der Waals surface area contributed by atoms with Gasteiger partial charge in [-0.15, -0.1) is 0 Å². The molecule has 1 aliphatic heterocycles. The van der Waals surface area contributed by atoms with Gasteiger partial charge in [-0.3, -0.25) is 0 Å². The lowest BCUT2D eigenvalue weighted by Gasteiger charge is -2.11. The van der Waals surface area contributed by atoms with Crippen LogP contribution < -0.4 is 10.5 Å². The predicted octanol–water partition coefficient (Wildman–Crippen LogP) is 2.87. The van der Waals surface area contributed by atoms with Gasteiger partial charge in [-0.1, -0.05) is 11.6 Å². The molecule has 0 aromatic heterocycles. The van der Waals surface area contributed by atoms with Crippen LogP contribution in [0.5, 0.6) is 5.75 Å². The number of hydrogen-bond acceptors (Lipinski definition) is 3. The van der Waals surface area contributed by atoms with E-state index < -0.39 is 0 Å². The molecule has 1 atom stereocenters. The van der Waals surface area contributed by atoms with E-state index in [2.05, 4.69) is 0 Å². The average molecular weight is 242 g/mol. The molecule has 16 heavy (non-hydrogen) atoms. The van der Waals surface area contributed by atoms with E-state index in [1.807, 2.05) is 0 Å². The molecule has 1 unspecified atom stereocenters. The van der Waals surface area contributed by atoms with Crippen molar-refractivity contribution in [3.8, 4) is 5.75 Å². The lowest BCUT2D eigenvalue weighted by molar-refractivity contribution is 0.0904. The van der Waals surface area contributed by atoms with Crippen molar-refractivity contribution >= 4 is 17.3 Å². The van der Waals surface area contributed by atoms with Crippen LogP contribution in [0.1, 0.15) is 19.3 Å². The third-order valence-corrected chi connectivity index (χ3v) is 2.97.